The van der Waals surface area contributed by atoms with E-state index >= 15 is 0 Å². The molecule has 2 rings (SSSR count). The Morgan fingerprint density at radius 2 is 1.62 bits per heavy atom. The van der Waals surface area contributed by atoms with Crippen LogP contribution in [0.5, 0.6) is 0 Å². The predicted molar refractivity (Wildman–Crippen MR) is 69.1 cm³/mol. The van der Waals surface area contributed by atoms with Crippen LogP contribution >= 0.6 is 0 Å². The van der Waals surface area contributed by atoms with Crippen molar-refractivity contribution in [3.8, 4) is 0 Å². The Hall–Kier alpha value is -1.51. The number of nitrogens with zero attached hydrogens (tertiary/aromatic N) is 2. The first-order valence-corrected chi connectivity index (χ1v) is 5.77. The van der Waals surface area contributed by atoms with Gasteiger partial charge in [-0.15, -0.1) is 0 Å². The number of rotatable bonds is 0. The molecule has 0 N–H and O–H groups in total. The first kappa shape index (κ1) is 12.6. The average molecular weight is 220 g/mol. The van der Waals surface area contributed by atoms with E-state index in [0.29, 0.717) is 6.42 Å². The second kappa shape index (κ2) is 5.54. The Kier molecular flexibility index (Phi) is 4.35. The lowest BCUT2D eigenvalue weighted by molar-refractivity contribution is -0.118. The lowest BCUT2D eigenvalue weighted by Crippen LogP contribution is -2.25. The molecular formula is C13H20N2O. The monoisotopic (exact) mass is 220 g/mol. The van der Waals surface area contributed by atoms with Crippen molar-refractivity contribution >= 4 is 17.3 Å². The van der Waals surface area contributed by atoms with Crippen LogP contribution in [0.4, 0.5) is 11.4 Å². The molecule has 1 amide bonds. The second-order valence-corrected chi connectivity index (χ2v) is 3.61. The lowest BCUT2D eigenvalue weighted by Gasteiger charge is -2.20. The SMILES string of the molecule is CC.CN1CCC(=O)N(C)c2ccccc21. The van der Waals surface area contributed by atoms with Crippen molar-refractivity contribution < 1.29 is 4.79 Å². The van der Waals surface area contributed by atoms with Crippen LogP contribution in [0.2, 0.25) is 0 Å². The van der Waals surface area contributed by atoms with E-state index < -0.39 is 0 Å². The van der Waals surface area contributed by atoms with Gasteiger partial charge in [0.15, 0.2) is 0 Å². The summed E-state index contributed by atoms with van der Waals surface area (Å²) < 4.78 is 0. The molecule has 3 nitrogen and oxygen atoms in total. The van der Waals surface area contributed by atoms with Gasteiger partial charge in [-0.3, -0.25) is 4.79 Å². The van der Waals surface area contributed by atoms with Crippen LogP contribution in [0.3, 0.4) is 0 Å². The maximum absolute atomic E-state index is 11.6. The van der Waals surface area contributed by atoms with Crippen molar-refractivity contribution in [3.63, 3.8) is 0 Å². The summed E-state index contributed by atoms with van der Waals surface area (Å²) in [6, 6.07) is 7.99. The van der Waals surface area contributed by atoms with Gasteiger partial charge >= 0.3 is 0 Å². The zero-order chi connectivity index (χ0) is 12.1. The number of hydrogen-bond donors (Lipinski definition) is 0. The maximum Gasteiger partial charge on any atom is 0.228 e. The molecule has 0 saturated heterocycles. The molecule has 0 radical (unpaired) electrons. The molecule has 1 heterocycles. The molecule has 1 aliphatic rings. The van der Waals surface area contributed by atoms with E-state index in [4.69, 9.17) is 0 Å². The summed E-state index contributed by atoms with van der Waals surface area (Å²) in [7, 11) is 3.85. The first-order valence-electron chi connectivity index (χ1n) is 5.77. The largest absolute Gasteiger partial charge is 0.372 e. The highest BCUT2D eigenvalue weighted by Gasteiger charge is 2.20. The van der Waals surface area contributed by atoms with Crippen LogP contribution in [-0.2, 0) is 4.79 Å². The van der Waals surface area contributed by atoms with Crippen LogP contribution in [0, 0.1) is 0 Å². The third-order valence-corrected chi connectivity index (χ3v) is 2.69. The van der Waals surface area contributed by atoms with Crippen molar-refractivity contribution in [1.82, 2.24) is 0 Å². The van der Waals surface area contributed by atoms with Crippen LogP contribution in [-0.4, -0.2) is 26.5 Å². The maximum atomic E-state index is 11.6. The molecule has 1 aromatic carbocycles. The third kappa shape index (κ3) is 2.35. The number of para-hydroxylation sites is 2. The average Bonchev–Trinajstić information content (AvgIpc) is 2.46. The highest BCUT2D eigenvalue weighted by Crippen LogP contribution is 2.30. The normalized spacial score (nSPS) is 14.9. The topological polar surface area (TPSA) is 23.6 Å². The molecule has 0 fully saturated rings. The Bertz CT molecular complexity index is 363. The highest BCUT2D eigenvalue weighted by molar-refractivity contribution is 5.97. The summed E-state index contributed by atoms with van der Waals surface area (Å²) in [6.45, 7) is 4.79. The lowest BCUT2D eigenvalue weighted by atomic mass is 10.2. The number of carbonyl (C=O) groups is 1. The molecule has 1 aliphatic heterocycles. The summed E-state index contributed by atoms with van der Waals surface area (Å²) in [5.41, 5.74) is 2.12. The van der Waals surface area contributed by atoms with Crippen molar-refractivity contribution in [1.29, 1.82) is 0 Å². The predicted octanol–water partition coefficient (Wildman–Crippen LogP) is 2.52. The van der Waals surface area contributed by atoms with E-state index in [-0.39, 0.29) is 5.91 Å². The molecule has 0 atom stereocenters. The molecule has 16 heavy (non-hydrogen) atoms. The van der Waals surface area contributed by atoms with Gasteiger partial charge in [0.05, 0.1) is 11.4 Å². The fraction of sp³-hybridized carbons (Fsp3) is 0.462. The summed E-state index contributed by atoms with van der Waals surface area (Å²) in [5.74, 6) is 0.182. The van der Waals surface area contributed by atoms with Gasteiger partial charge in [0.25, 0.3) is 0 Å². The number of carbonyl (C=O) groups excluding carboxylic acids is 1. The van der Waals surface area contributed by atoms with E-state index in [2.05, 4.69) is 4.90 Å². The Labute approximate surface area is 97.7 Å². The summed E-state index contributed by atoms with van der Waals surface area (Å²) in [4.78, 5) is 15.5. The van der Waals surface area contributed by atoms with Gasteiger partial charge in [-0.2, -0.15) is 0 Å². The second-order valence-electron chi connectivity index (χ2n) is 3.61. The minimum absolute atomic E-state index is 0.182. The minimum atomic E-state index is 0.182. The van der Waals surface area contributed by atoms with Gasteiger partial charge in [0.1, 0.15) is 0 Å². The molecular weight excluding hydrogens is 200 g/mol. The highest BCUT2D eigenvalue weighted by atomic mass is 16.2. The quantitative estimate of drug-likeness (QED) is 0.670. The van der Waals surface area contributed by atoms with Gasteiger partial charge < -0.3 is 9.80 Å². The molecule has 88 valence electrons. The van der Waals surface area contributed by atoms with Gasteiger partial charge in [-0.1, -0.05) is 26.0 Å². The Morgan fingerprint density at radius 3 is 2.25 bits per heavy atom. The molecule has 3 heteroatoms. The molecule has 0 spiro atoms. The van der Waals surface area contributed by atoms with Gasteiger partial charge in [-0.25, -0.2) is 0 Å². The van der Waals surface area contributed by atoms with E-state index in [1.807, 2.05) is 52.2 Å². The van der Waals surface area contributed by atoms with Crippen LogP contribution in [0.15, 0.2) is 24.3 Å². The summed E-state index contributed by atoms with van der Waals surface area (Å²) >= 11 is 0. The van der Waals surface area contributed by atoms with Crippen LogP contribution in [0.25, 0.3) is 0 Å². The molecule has 0 aromatic heterocycles. The Balaban J connectivity index is 0.000000606. The zero-order valence-electron chi connectivity index (χ0n) is 10.5. The fourth-order valence-corrected chi connectivity index (χ4v) is 1.76. The molecule has 0 saturated carbocycles. The van der Waals surface area contributed by atoms with Gasteiger partial charge in [0, 0.05) is 27.1 Å². The van der Waals surface area contributed by atoms with E-state index in [9.17, 15) is 4.79 Å². The first-order chi connectivity index (χ1) is 7.70. The van der Waals surface area contributed by atoms with E-state index in [1.54, 1.807) is 4.90 Å². The third-order valence-electron chi connectivity index (χ3n) is 2.69. The zero-order valence-corrected chi connectivity index (χ0v) is 10.5. The summed E-state index contributed by atoms with van der Waals surface area (Å²) in [5, 5.41) is 0. The Morgan fingerprint density at radius 1 is 1.06 bits per heavy atom. The van der Waals surface area contributed by atoms with E-state index in [0.717, 1.165) is 17.9 Å². The smallest absolute Gasteiger partial charge is 0.228 e. The summed E-state index contributed by atoms with van der Waals surface area (Å²) in [6.07, 6.45) is 0.585. The number of amides is 1. The van der Waals surface area contributed by atoms with Crippen molar-refractivity contribution in [2.24, 2.45) is 0 Å². The molecule has 0 bridgehead atoms. The number of anilines is 2. The molecule has 0 aliphatic carbocycles. The molecule has 0 unspecified atom stereocenters. The number of benzene rings is 1. The number of fused-ring (bicyclic) bond motifs is 1. The van der Waals surface area contributed by atoms with Gasteiger partial charge in [0.2, 0.25) is 5.91 Å². The van der Waals surface area contributed by atoms with Crippen molar-refractivity contribution in [2.45, 2.75) is 20.3 Å². The van der Waals surface area contributed by atoms with Crippen LogP contribution < -0.4 is 9.80 Å². The van der Waals surface area contributed by atoms with Gasteiger partial charge in [-0.05, 0) is 12.1 Å². The number of hydrogen-bond acceptors (Lipinski definition) is 2. The minimum Gasteiger partial charge on any atom is -0.372 e. The van der Waals surface area contributed by atoms with Crippen LogP contribution in [0.1, 0.15) is 20.3 Å². The molecule has 1 aromatic rings. The fourth-order valence-electron chi connectivity index (χ4n) is 1.76. The standard InChI is InChI=1S/C11H14N2O.C2H6/c1-12-8-7-11(14)13(2)10-6-4-3-5-9(10)12;1-2/h3-6H,7-8H2,1-2H3;1-2H3. The van der Waals surface area contributed by atoms with Crippen molar-refractivity contribution in [2.75, 3.05) is 30.4 Å². The van der Waals surface area contributed by atoms with E-state index in [1.165, 1.54) is 0 Å². The van der Waals surface area contributed by atoms with Crippen molar-refractivity contribution in [3.05, 3.63) is 24.3 Å².